The first kappa shape index (κ1) is 15.0. The van der Waals surface area contributed by atoms with E-state index in [9.17, 15) is 14.9 Å². The summed E-state index contributed by atoms with van der Waals surface area (Å²) < 4.78 is 0.629. The van der Waals surface area contributed by atoms with Gasteiger partial charge >= 0.3 is 5.97 Å². The number of rotatable bonds is 6. The standard InChI is InChI=1S/C11H12BrNO4S/c1-2-10(11(14)15)18-6-7-3-4-8(13(16)17)5-9(7)12/h3-5,10H,2,6H2,1H3,(H,14,15). The fourth-order valence-electron chi connectivity index (χ4n) is 1.32. The van der Waals surface area contributed by atoms with E-state index in [1.807, 2.05) is 6.92 Å². The maximum Gasteiger partial charge on any atom is 0.316 e. The minimum Gasteiger partial charge on any atom is -0.480 e. The van der Waals surface area contributed by atoms with Gasteiger partial charge in [-0.3, -0.25) is 14.9 Å². The number of non-ortho nitro benzene ring substituents is 1. The summed E-state index contributed by atoms with van der Waals surface area (Å²) in [5.41, 5.74) is 0.867. The number of aliphatic carboxylic acids is 1. The monoisotopic (exact) mass is 333 g/mol. The van der Waals surface area contributed by atoms with Crippen molar-refractivity contribution in [2.75, 3.05) is 0 Å². The molecule has 1 N–H and O–H groups in total. The highest BCUT2D eigenvalue weighted by molar-refractivity contribution is 9.10. The van der Waals surface area contributed by atoms with Crippen LogP contribution in [0.3, 0.4) is 0 Å². The summed E-state index contributed by atoms with van der Waals surface area (Å²) >= 11 is 4.57. The normalized spacial score (nSPS) is 12.1. The SMILES string of the molecule is CCC(SCc1ccc([N+](=O)[O-])cc1Br)C(=O)O. The van der Waals surface area contributed by atoms with Crippen LogP contribution in [0.25, 0.3) is 0 Å². The van der Waals surface area contributed by atoms with Crippen molar-refractivity contribution in [2.24, 2.45) is 0 Å². The van der Waals surface area contributed by atoms with Gasteiger partial charge in [-0.15, -0.1) is 11.8 Å². The number of nitro benzene ring substituents is 1. The second-order valence-electron chi connectivity index (χ2n) is 3.58. The van der Waals surface area contributed by atoms with Crippen molar-refractivity contribution < 1.29 is 14.8 Å². The van der Waals surface area contributed by atoms with Crippen molar-refractivity contribution in [2.45, 2.75) is 24.3 Å². The zero-order valence-electron chi connectivity index (χ0n) is 9.63. The molecule has 7 heteroatoms. The van der Waals surface area contributed by atoms with Crippen LogP contribution in [-0.2, 0) is 10.5 Å². The van der Waals surface area contributed by atoms with Crippen LogP contribution in [-0.4, -0.2) is 21.2 Å². The van der Waals surface area contributed by atoms with Gasteiger partial charge in [-0.1, -0.05) is 28.9 Å². The Hall–Kier alpha value is -1.08. The quantitative estimate of drug-likeness (QED) is 0.636. The number of halogens is 1. The van der Waals surface area contributed by atoms with Crippen molar-refractivity contribution in [1.29, 1.82) is 0 Å². The van der Waals surface area contributed by atoms with Gasteiger partial charge in [-0.05, 0) is 12.0 Å². The number of benzene rings is 1. The topological polar surface area (TPSA) is 80.4 Å². The molecular formula is C11H12BrNO4S. The molecule has 0 aliphatic carbocycles. The number of carboxylic acids is 1. The van der Waals surface area contributed by atoms with Gasteiger partial charge in [0, 0.05) is 22.4 Å². The molecule has 1 rings (SSSR count). The molecular weight excluding hydrogens is 322 g/mol. The summed E-state index contributed by atoms with van der Waals surface area (Å²) in [7, 11) is 0. The summed E-state index contributed by atoms with van der Waals surface area (Å²) in [4.78, 5) is 21.0. The van der Waals surface area contributed by atoms with Crippen LogP contribution in [0, 0.1) is 10.1 Å². The highest BCUT2D eigenvalue weighted by Crippen LogP contribution is 2.28. The van der Waals surface area contributed by atoms with Gasteiger partial charge in [-0.25, -0.2) is 0 Å². The third-order valence-electron chi connectivity index (χ3n) is 2.33. The molecule has 0 aliphatic rings. The number of hydrogen-bond acceptors (Lipinski definition) is 4. The second-order valence-corrected chi connectivity index (χ2v) is 5.62. The summed E-state index contributed by atoms with van der Waals surface area (Å²) in [6.07, 6.45) is 0.546. The number of carboxylic acid groups (broad SMARTS) is 1. The van der Waals surface area contributed by atoms with Gasteiger partial charge in [0.2, 0.25) is 0 Å². The van der Waals surface area contributed by atoms with Gasteiger partial charge in [0.05, 0.1) is 4.92 Å². The number of nitro groups is 1. The fourth-order valence-corrected chi connectivity index (χ4v) is 3.02. The lowest BCUT2D eigenvalue weighted by molar-refractivity contribution is -0.384. The first-order valence-corrected chi connectivity index (χ1v) is 7.07. The summed E-state index contributed by atoms with van der Waals surface area (Å²) in [5, 5.41) is 19.0. The Balaban J connectivity index is 2.74. The minimum absolute atomic E-state index is 0.0147. The number of carbonyl (C=O) groups is 1. The fraction of sp³-hybridized carbons (Fsp3) is 0.364. The molecule has 0 amide bonds. The predicted molar refractivity (Wildman–Crippen MR) is 73.8 cm³/mol. The molecule has 1 unspecified atom stereocenters. The average molecular weight is 334 g/mol. The minimum atomic E-state index is -0.833. The average Bonchev–Trinajstić information content (AvgIpc) is 2.30. The van der Waals surface area contributed by atoms with E-state index in [0.29, 0.717) is 16.6 Å². The number of nitrogens with zero attached hydrogens (tertiary/aromatic N) is 1. The van der Waals surface area contributed by atoms with Gasteiger partial charge in [0.1, 0.15) is 5.25 Å². The lowest BCUT2D eigenvalue weighted by Gasteiger charge is -2.10. The Bertz CT molecular complexity index is 466. The van der Waals surface area contributed by atoms with E-state index in [-0.39, 0.29) is 5.69 Å². The Kier molecular flexibility index (Phi) is 5.61. The molecule has 0 radical (unpaired) electrons. The largest absolute Gasteiger partial charge is 0.480 e. The number of thioether (sulfide) groups is 1. The molecule has 5 nitrogen and oxygen atoms in total. The van der Waals surface area contributed by atoms with E-state index in [4.69, 9.17) is 5.11 Å². The summed E-state index contributed by atoms with van der Waals surface area (Å²) in [5.74, 6) is -0.329. The lowest BCUT2D eigenvalue weighted by Crippen LogP contribution is -2.15. The lowest BCUT2D eigenvalue weighted by atomic mass is 10.2. The number of hydrogen-bond donors (Lipinski definition) is 1. The molecule has 0 aromatic heterocycles. The van der Waals surface area contributed by atoms with Crippen LogP contribution in [0.2, 0.25) is 0 Å². The van der Waals surface area contributed by atoms with Gasteiger partial charge in [0.15, 0.2) is 0 Å². The van der Waals surface area contributed by atoms with E-state index in [0.717, 1.165) is 5.56 Å². The van der Waals surface area contributed by atoms with E-state index in [1.165, 1.54) is 23.9 Å². The summed E-state index contributed by atoms with van der Waals surface area (Å²) in [6.45, 7) is 1.82. The van der Waals surface area contributed by atoms with Crippen LogP contribution in [0.4, 0.5) is 5.69 Å². The molecule has 0 heterocycles. The zero-order chi connectivity index (χ0) is 13.7. The smallest absolute Gasteiger partial charge is 0.316 e. The Labute approximate surface area is 117 Å². The summed E-state index contributed by atoms with van der Waals surface area (Å²) in [6, 6.07) is 4.49. The van der Waals surface area contributed by atoms with Crippen LogP contribution < -0.4 is 0 Å². The van der Waals surface area contributed by atoms with E-state index in [1.54, 1.807) is 6.07 Å². The molecule has 1 aromatic carbocycles. The zero-order valence-corrected chi connectivity index (χ0v) is 12.0. The maximum absolute atomic E-state index is 10.9. The van der Waals surface area contributed by atoms with Crippen LogP contribution in [0.5, 0.6) is 0 Å². The Morgan fingerprint density at radius 3 is 2.72 bits per heavy atom. The van der Waals surface area contributed by atoms with Crippen molar-refractivity contribution in [1.82, 2.24) is 0 Å². The van der Waals surface area contributed by atoms with E-state index in [2.05, 4.69) is 15.9 Å². The maximum atomic E-state index is 10.9. The predicted octanol–water partition coefficient (Wildman–Crippen LogP) is 3.45. The molecule has 1 aromatic rings. The highest BCUT2D eigenvalue weighted by atomic mass is 79.9. The molecule has 0 aliphatic heterocycles. The second kappa shape index (κ2) is 6.75. The molecule has 0 saturated heterocycles. The Morgan fingerprint density at radius 2 is 2.28 bits per heavy atom. The highest BCUT2D eigenvalue weighted by Gasteiger charge is 2.16. The molecule has 0 bridgehead atoms. The molecule has 0 saturated carbocycles. The molecule has 0 fully saturated rings. The Morgan fingerprint density at radius 1 is 1.61 bits per heavy atom. The van der Waals surface area contributed by atoms with Crippen molar-refractivity contribution in [3.05, 3.63) is 38.3 Å². The van der Waals surface area contributed by atoms with Gasteiger partial charge in [-0.2, -0.15) is 0 Å². The molecule has 1 atom stereocenters. The molecule has 98 valence electrons. The van der Waals surface area contributed by atoms with E-state index < -0.39 is 16.1 Å². The van der Waals surface area contributed by atoms with Crippen molar-refractivity contribution >= 4 is 39.3 Å². The third-order valence-corrected chi connectivity index (χ3v) is 4.49. The third kappa shape index (κ3) is 3.99. The van der Waals surface area contributed by atoms with Crippen molar-refractivity contribution in [3.63, 3.8) is 0 Å². The first-order chi connectivity index (χ1) is 8.45. The molecule has 18 heavy (non-hydrogen) atoms. The molecule has 0 spiro atoms. The first-order valence-electron chi connectivity index (χ1n) is 5.23. The van der Waals surface area contributed by atoms with Gasteiger partial charge < -0.3 is 5.11 Å². The van der Waals surface area contributed by atoms with Crippen molar-refractivity contribution in [3.8, 4) is 0 Å². The van der Waals surface area contributed by atoms with Crippen LogP contribution in [0.15, 0.2) is 22.7 Å². The van der Waals surface area contributed by atoms with Crippen LogP contribution >= 0.6 is 27.7 Å². The van der Waals surface area contributed by atoms with Gasteiger partial charge in [0.25, 0.3) is 5.69 Å². The van der Waals surface area contributed by atoms with Crippen LogP contribution in [0.1, 0.15) is 18.9 Å². The van der Waals surface area contributed by atoms with E-state index >= 15 is 0 Å².